The van der Waals surface area contributed by atoms with Crippen molar-refractivity contribution in [3.8, 4) is 11.5 Å². The van der Waals surface area contributed by atoms with E-state index in [9.17, 15) is 10.2 Å². The fourth-order valence-corrected chi connectivity index (χ4v) is 3.22. The molecule has 0 bridgehead atoms. The van der Waals surface area contributed by atoms with Gasteiger partial charge in [0.05, 0.1) is 13.2 Å². The van der Waals surface area contributed by atoms with Crippen molar-refractivity contribution in [2.24, 2.45) is 0 Å². The molecule has 3 rings (SSSR count). The molecule has 0 saturated heterocycles. The van der Waals surface area contributed by atoms with E-state index in [0.29, 0.717) is 6.54 Å². The van der Waals surface area contributed by atoms with Crippen LogP contribution >= 0.6 is 0 Å². The van der Waals surface area contributed by atoms with Crippen LogP contribution in [-0.2, 0) is 6.42 Å². The molecule has 2 unspecified atom stereocenters. The zero-order valence-corrected chi connectivity index (χ0v) is 15.1. The molecular weight excluding hydrogens is 326 g/mol. The molecular formula is C22H25NO3. The number of aliphatic hydroxyl groups excluding tert-OH is 1. The zero-order chi connectivity index (χ0) is 18.5. The van der Waals surface area contributed by atoms with Gasteiger partial charge in [0, 0.05) is 18.0 Å². The molecule has 4 nitrogen and oxygen atoms in total. The summed E-state index contributed by atoms with van der Waals surface area (Å²) in [5, 5.41) is 25.3. The second-order valence-corrected chi connectivity index (χ2v) is 6.59. The van der Waals surface area contributed by atoms with Crippen LogP contribution < -0.4 is 10.1 Å². The minimum Gasteiger partial charge on any atom is -0.508 e. The van der Waals surface area contributed by atoms with Gasteiger partial charge >= 0.3 is 0 Å². The summed E-state index contributed by atoms with van der Waals surface area (Å²) in [6.07, 6.45) is 0.248. The third kappa shape index (κ3) is 4.15. The predicted octanol–water partition coefficient (Wildman–Crippen LogP) is 3.81. The van der Waals surface area contributed by atoms with Crippen LogP contribution in [0, 0.1) is 0 Å². The van der Waals surface area contributed by atoms with Crippen LogP contribution in [0.5, 0.6) is 11.5 Å². The third-order valence-corrected chi connectivity index (χ3v) is 4.66. The molecule has 3 aromatic carbocycles. The number of aliphatic hydroxyl groups is 1. The van der Waals surface area contributed by atoms with Crippen LogP contribution in [0.4, 0.5) is 0 Å². The molecule has 136 valence electrons. The maximum absolute atomic E-state index is 10.3. The first-order valence-corrected chi connectivity index (χ1v) is 8.83. The molecule has 0 heterocycles. The number of fused-ring (bicyclic) bond motifs is 1. The van der Waals surface area contributed by atoms with E-state index in [1.807, 2.05) is 18.2 Å². The Morgan fingerprint density at radius 3 is 2.35 bits per heavy atom. The fourth-order valence-electron chi connectivity index (χ4n) is 3.22. The lowest BCUT2D eigenvalue weighted by molar-refractivity contribution is 0.170. The number of rotatable bonds is 7. The Balaban J connectivity index is 1.66. The predicted molar refractivity (Wildman–Crippen MR) is 105 cm³/mol. The van der Waals surface area contributed by atoms with Crippen molar-refractivity contribution in [1.29, 1.82) is 0 Å². The maximum atomic E-state index is 10.3. The quantitative estimate of drug-likeness (QED) is 0.606. The highest BCUT2D eigenvalue weighted by Gasteiger charge is 2.12. The van der Waals surface area contributed by atoms with Crippen molar-refractivity contribution in [3.05, 3.63) is 71.8 Å². The number of phenolic OH excluding ortho intramolecular Hbond substituents is 1. The van der Waals surface area contributed by atoms with Crippen molar-refractivity contribution < 1.29 is 14.9 Å². The number of nitrogens with one attached hydrogen (secondary N) is 1. The van der Waals surface area contributed by atoms with Crippen LogP contribution in [0.2, 0.25) is 0 Å². The standard InChI is InChI=1S/C22H25NO3/c1-15(23-14-21(25)16-7-10-18(24)11-8-16)13-17-9-12-22(26-2)20-6-4-3-5-19(17)20/h3-12,15,21,23-25H,13-14H2,1-2H3. The number of phenols is 1. The van der Waals surface area contributed by atoms with E-state index in [4.69, 9.17) is 4.74 Å². The van der Waals surface area contributed by atoms with E-state index in [1.165, 1.54) is 10.9 Å². The summed E-state index contributed by atoms with van der Waals surface area (Å²) < 4.78 is 5.46. The van der Waals surface area contributed by atoms with Crippen LogP contribution in [0.3, 0.4) is 0 Å². The molecule has 0 aliphatic rings. The van der Waals surface area contributed by atoms with E-state index >= 15 is 0 Å². The van der Waals surface area contributed by atoms with Crippen molar-refractivity contribution in [3.63, 3.8) is 0 Å². The van der Waals surface area contributed by atoms with Gasteiger partial charge in [-0.3, -0.25) is 0 Å². The summed E-state index contributed by atoms with van der Waals surface area (Å²) in [6.45, 7) is 2.57. The summed E-state index contributed by atoms with van der Waals surface area (Å²) in [6, 6.07) is 19.2. The van der Waals surface area contributed by atoms with Crippen molar-refractivity contribution in [2.75, 3.05) is 13.7 Å². The van der Waals surface area contributed by atoms with E-state index in [0.717, 1.165) is 23.1 Å². The van der Waals surface area contributed by atoms with Gasteiger partial charge in [-0.25, -0.2) is 0 Å². The molecule has 0 aliphatic heterocycles. The van der Waals surface area contributed by atoms with Crippen LogP contribution in [-0.4, -0.2) is 29.9 Å². The highest BCUT2D eigenvalue weighted by molar-refractivity contribution is 5.91. The van der Waals surface area contributed by atoms with Crippen LogP contribution in [0.1, 0.15) is 24.2 Å². The highest BCUT2D eigenvalue weighted by atomic mass is 16.5. The Labute approximate surface area is 154 Å². The van der Waals surface area contributed by atoms with E-state index in [2.05, 4.69) is 30.4 Å². The van der Waals surface area contributed by atoms with Crippen molar-refractivity contribution in [1.82, 2.24) is 5.32 Å². The van der Waals surface area contributed by atoms with E-state index in [-0.39, 0.29) is 11.8 Å². The van der Waals surface area contributed by atoms with Gasteiger partial charge in [-0.15, -0.1) is 0 Å². The summed E-state index contributed by atoms with van der Waals surface area (Å²) in [7, 11) is 1.69. The van der Waals surface area contributed by atoms with Gasteiger partial charge in [-0.05, 0) is 48.1 Å². The zero-order valence-electron chi connectivity index (χ0n) is 15.1. The monoisotopic (exact) mass is 351 g/mol. The van der Waals surface area contributed by atoms with Crippen LogP contribution in [0.25, 0.3) is 10.8 Å². The Bertz CT molecular complexity index is 861. The van der Waals surface area contributed by atoms with Crippen molar-refractivity contribution >= 4 is 10.8 Å². The molecule has 4 heteroatoms. The summed E-state index contributed by atoms with van der Waals surface area (Å²) in [4.78, 5) is 0. The lowest BCUT2D eigenvalue weighted by atomic mass is 9.98. The molecule has 3 aromatic rings. The minimum absolute atomic E-state index is 0.202. The summed E-state index contributed by atoms with van der Waals surface area (Å²) in [5.41, 5.74) is 2.04. The number of ether oxygens (including phenoxy) is 1. The first-order chi connectivity index (χ1) is 12.6. The number of benzene rings is 3. The SMILES string of the molecule is COc1ccc(CC(C)NCC(O)c2ccc(O)cc2)c2ccccc12. The molecule has 0 aliphatic carbocycles. The average molecular weight is 351 g/mol. The van der Waals surface area contributed by atoms with Gasteiger partial charge < -0.3 is 20.3 Å². The topological polar surface area (TPSA) is 61.7 Å². The lowest BCUT2D eigenvalue weighted by Crippen LogP contribution is -2.32. The Hall–Kier alpha value is -2.56. The second-order valence-electron chi connectivity index (χ2n) is 6.59. The first-order valence-electron chi connectivity index (χ1n) is 8.83. The van der Waals surface area contributed by atoms with Gasteiger partial charge in [0.25, 0.3) is 0 Å². The maximum Gasteiger partial charge on any atom is 0.126 e. The van der Waals surface area contributed by atoms with Gasteiger partial charge in [0.2, 0.25) is 0 Å². The molecule has 0 spiro atoms. The van der Waals surface area contributed by atoms with E-state index in [1.54, 1.807) is 31.4 Å². The van der Waals surface area contributed by atoms with E-state index < -0.39 is 6.10 Å². The third-order valence-electron chi connectivity index (χ3n) is 4.66. The molecule has 26 heavy (non-hydrogen) atoms. The summed E-state index contributed by atoms with van der Waals surface area (Å²) in [5.74, 6) is 1.08. The molecule has 0 radical (unpaired) electrons. The molecule has 3 N–H and O–H groups in total. The molecule has 0 aromatic heterocycles. The van der Waals surface area contributed by atoms with Gasteiger partial charge in [-0.2, -0.15) is 0 Å². The van der Waals surface area contributed by atoms with Gasteiger partial charge in [0.15, 0.2) is 0 Å². The molecule has 0 fully saturated rings. The number of hydrogen-bond acceptors (Lipinski definition) is 4. The summed E-state index contributed by atoms with van der Waals surface area (Å²) >= 11 is 0. The average Bonchev–Trinajstić information content (AvgIpc) is 2.67. The smallest absolute Gasteiger partial charge is 0.126 e. The largest absolute Gasteiger partial charge is 0.508 e. The normalized spacial score (nSPS) is 13.5. The number of methoxy groups -OCH3 is 1. The molecule has 0 amide bonds. The second kappa shape index (κ2) is 8.21. The van der Waals surface area contributed by atoms with Crippen molar-refractivity contribution in [2.45, 2.75) is 25.5 Å². The Morgan fingerprint density at radius 1 is 0.962 bits per heavy atom. The van der Waals surface area contributed by atoms with Crippen LogP contribution in [0.15, 0.2) is 60.7 Å². The Morgan fingerprint density at radius 2 is 1.65 bits per heavy atom. The number of aromatic hydroxyl groups is 1. The van der Waals surface area contributed by atoms with Gasteiger partial charge in [-0.1, -0.05) is 42.5 Å². The fraction of sp³-hybridized carbons (Fsp3) is 0.273. The first kappa shape index (κ1) is 18.2. The lowest BCUT2D eigenvalue weighted by Gasteiger charge is -2.19. The Kier molecular flexibility index (Phi) is 5.76. The molecule has 2 atom stereocenters. The molecule has 0 saturated carbocycles. The highest BCUT2D eigenvalue weighted by Crippen LogP contribution is 2.29. The number of hydrogen-bond donors (Lipinski definition) is 3. The van der Waals surface area contributed by atoms with Gasteiger partial charge in [0.1, 0.15) is 11.5 Å². The minimum atomic E-state index is -0.606.